The SMILES string of the molecule is CC(C)CN1C(=O)COc2cc(NC(=O)Cc3cccs3)ccc21. The fourth-order valence-electron chi connectivity index (χ4n) is 2.62. The molecule has 0 spiro atoms. The summed E-state index contributed by atoms with van der Waals surface area (Å²) in [6.07, 6.45) is 0.355. The number of thiophene rings is 1. The minimum absolute atomic E-state index is 0.0340. The predicted molar refractivity (Wildman–Crippen MR) is 95.8 cm³/mol. The van der Waals surface area contributed by atoms with Gasteiger partial charge in [-0.25, -0.2) is 0 Å². The second-order valence-corrected chi connectivity index (χ2v) is 7.21. The molecule has 2 heterocycles. The first-order chi connectivity index (χ1) is 11.5. The van der Waals surface area contributed by atoms with Crippen LogP contribution in [0.4, 0.5) is 11.4 Å². The van der Waals surface area contributed by atoms with Gasteiger partial charge >= 0.3 is 0 Å². The fourth-order valence-corrected chi connectivity index (χ4v) is 3.33. The molecule has 2 aromatic rings. The van der Waals surface area contributed by atoms with E-state index in [1.165, 1.54) is 0 Å². The Labute approximate surface area is 145 Å². The van der Waals surface area contributed by atoms with Crippen LogP contribution in [-0.2, 0) is 16.0 Å². The van der Waals surface area contributed by atoms with Crippen LogP contribution >= 0.6 is 11.3 Å². The maximum absolute atomic E-state index is 12.1. The zero-order valence-corrected chi connectivity index (χ0v) is 14.6. The molecular formula is C18H20N2O3S. The van der Waals surface area contributed by atoms with Crippen LogP contribution in [0.25, 0.3) is 0 Å². The summed E-state index contributed by atoms with van der Waals surface area (Å²) in [7, 11) is 0. The van der Waals surface area contributed by atoms with Crippen molar-refractivity contribution in [1.29, 1.82) is 0 Å². The molecule has 1 aliphatic heterocycles. The molecule has 1 N–H and O–H groups in total. The number of amides is 2. The first kappa shape index (κ1) is 16.5. The minimum Gasteiger partial charge on any atom is -0.481 e. The lowest BCUT2D eigenvalue weighted by Crippen LogP contribution is -2.40. The minimum atomic E-state index is -0.0664. The number of hydrogen-bond acceptors (Lipinski definition) is 4. The zero-order chi connectivity index (χ0) is 17.1. The Kier molecular flexibility index (Phi) is 4.85. The summed E-state index contributed by atoms with van der Waals surface area (Å²) < 4.78 is 5.54. The van der Waals surface area contributed by atoms with E-state index in [4.69, 9.17) is 4.74 Å². The summed E-state index contributed by atoms with van der Waals surface area (Å²) in [6.45, 7) is 4.83. The van der Waals surface area contributed by atoms with Gasteiger partial charge in [-0.1, -0.05) is 19.9 Å². The van der Waals surface area contributed by atoms with E-state index < -0.39 is 0 Å². The van der Waals surface area contributed by atoms with Gasteiger partial charge in [-0.3, -0.25) is 9.59 Å². The molecule has 0 unspecified atom stereocenters. The lowest BCUT2D eigenvalue weighted by atomic mass is 10.1. The molecule has 0 saturated heterocycles. The van der Waals surface area contributed by atoms with Crippen molar-refractivity contribution >= 4 is 34.5 Å². The third kappa shape index (κ3) is 3.76. The summed E-state index contributed by atoms with van der Waals surface area (Å²) in [5.41, 5.74) is 1.44. The lowest BCUT2D eigenvalue weighted by molar-refractivity contribution is -0.121. The highest BCUT2D eigenvalue weighted by molar-refractivity contribution is 7.10. The standard InChI is InChI=1S/C18H20N2O3S/c1-12(2)10-20-15-6-5-13(8-16(15)23-11-18(20)22)19-17(21)9-14-4-3-7-24-14/h3-8,12H,9-11H2,1-2H3,(H,19,21). The Morgan fingerprint density at radius 2 is 2.21 bits per heavy atom. The molecule has 0 atom stereocenters. The van der Waals surface area contributed by atoms with Crippen LogP contribution in [0.2, 0.25) is 0 Å². The van der Waals surface area contributed by atoms with E-state index in [0.717, 1.165) is 10.6 Å². The number of carbonyl (C=O) groups excluding carboxylic acids is 2. The Hall–Kier alpha value is -2.34. The van der Waals surface area contributed by atoms with E-state index in [9.17, 15) is 9.59 Å². The van der Waals surface area contributed by atoms with Crippen LogP contribution in [0, 0.1) is 5.92 Å². The van der Waals surface area contributed by atoms with Crippen LogP contribution in [0.3, 0.4) is 0 Å². The van der Waals surface area contributed by atoms with Gasteiger partial charge in [0.2, 0.25) is 5.91 Å². The maximum Gasteiger partial charge on any atom is 0.265 e. The molecule has 3 rings (SSSR count). The van der Waals surface area contributed by atoms with Crippen LogP contribution < -0.4 is 15.0 Å². The van der Waals surface area contributed by atoms with E-state index in [1.807, 2.05) is 23.6 Å². The molecule has 24 heavy (non-hydrogen) atoms. The van der Waals surface area contributed by atoms with E-state index in [2.05, 4.69) is 19.2 Å². The first-order valence-corrected chi connectivity index (χ1v) is 8.80. The third-order valence-electron chi connectivity index (χ3n) is 3.65. The van der Waals surface area contributed by atoms with Crippen molar-refractivity contribution in [2.24, 2.45) is 5.92 Å². The van der Waals surface area contributed by atoms with Crippen molar-refractivity contribution in [2.75, 3.05) is 23.4 Å². The monoisotopic (exact) mass is 344 g/mol. The van der Waals surface area contributed by atoms with E-state index in [1.54, 1.807) is 28.4 Å². The quantitative estimate of drug-likeness (QED) is 0.905. The molecule has 0 saturated carbocycles. The number of nitrogens with zero attached hydrogens (tertiary/aromatic N) is 1. The summed E-state index contributed by atoms with van der Waals surface area (Å²) in [5, 5.41) is 4.84. The Morgan fingerprint density at radius 3 is 2.92 bits per heavy atom. The van der Waals surface area contributed by atoms with Crippen molar-refractivity contribution in [3.05, 3.63) is 40.6 Å². The smallest absolute Gasteiger partial charge is 0.265 e. The number of hydrogen-bond donors (Lipinski definition) is 1. The van der Waals surface area contributed by atoms with Gasteiger partial charge in [-0.2, -0.15) is 0 Å². The number of benzene rings is 1. The Morgan fingerprint density at radius 1 is 1.38 bits per heavy atom. The topological polar surface area (TPSA) is 58.6 Å². The van der Waals surface area contributed by atoms with Gasteiger partial charge in [-0.05, 0) is 29.5 Å². The van der Waals surface area contributed by atoms with Gasteiger partial charge < -0.3 is 15.0 Å². The summed E-state index contributed by atoms with van der Waals surface area (Å²) in [4.78, 5) is 26.9. The van der Waals surface area contributed by atoms with Crippen molar-refractivity contribution in [2.45, 2.75) is 20.3 Å². The lowest BCUT2D eigenvalue weighted by Gasteiger charge is -2.31. The van der Waals surface area contributed by atoms with Crippen LogP contribution in [0.15, 0.2) is 35.7 Å². The second kappa shape index (κ2) is 7.05. The highest BCUT2D eigenvalue weighted by Crippen LogP contribution is 2.35. The molecule has 126 valence electrons. The number of ether oxygens (including phenoxy) is 1. The number of anilines is 2. The Bertz CT molecular complexity index is 741. The number of rotatable bonds is 5. The van der Waals surface area contributed by atoms with Gasteiger partial charge in [0.05, 0.1) is 12.1 Å². The molecule has 0 aliphatic carbocycles. The van der Waals surface area contributed by atoms with E-state index in [-0.39, 0.29) is 18.4 Å². The van der Waals surface area contributed by atoms with Crippen molar-refractivity contribution in [1.82, 2.24) is 0 Å². The van der Waals surface area contributed by atoms with Crippen LogP contribution in [-0.4, -0.2) is 25.0 Å². The van der Waals surface area contributed by atoms with Gasteiger partial charge in [0.15, 0.2) is 6.61 Å². The molecular weight excluding hydrogens is 324 g/mol. The predicted octanol–water partition coefficient (Wildman–Crippen LogP) is 3.31. The number of fused-ring (bicyclic) bond motifs is 1. The van der Waals surface area contributed by atoms with Gasteiger partial charge in [0.25, 0.3) is 5.91 Å². The number of carbonyl (C=O) groups is 2. The molecule has 1 aromatic carbocycles. The molecule has 1 aliphatic rings. The summed E-state index contributed by atoms with van der Waals surface area (Å²) in [6, 6.07) is 9.29. The molecule has 1 aromatic heterocycles. The molecule has 5 nitrogen and oxygen atoms in total. The molecule has 0 radical (unpaired) electrons. The van der Waals surface area contributed by atoms with E-state index >= 15 is 0 Å². The number of nitrogens with one attached hydrogen (secondary N) is 1. The third-order valence-corrected chi connectivity index (χ3v) is 4.53. The summed E-state index contributed by atoms with van der Waals surface area (Å²) in [5.74, 6) is 0.892. The van der Waals surface area contributed by atoms with Crippen molar-refractivity contribution in [3.8, 4) is 5.75 Å². The van der Waals surface area contributed by atoms with E-state index in [0.29, 0.717) is 30.3 Å². The maximum atomic E-state index is 12.1. The van der Waals surface area contributed by atoms with Gasteiger partial charge in [0.1, 0.15) is 5.75 Å². The average molecular weight is 344 g/mol. The second-order valence-electron chi connectivity index (χ2n) is 6.17. The van der Waals surface area contributed by atoms with Gasteiger partial charge in [-0.15, -0.1) is 11.3 Å². The van der Waals surface area contributed by atoms with Crippen LogP contribution in [0.1, 0.15) is 18.7 Å². The Balaban J connectivity index is 1.73. The first-order valence-electron chi connectivity index (χ1n) is 7.92. The highest BCUT2D eigenvalue weighted by Gasteiger charge is 2.26. The van der Waals surface area contributed by atoms with Gasteiger partial charge in [0, 0.05) is 23.2 Å². The van der Waals surface area contributed by atoms with Crippen molar-refractivity contribution in [3.63, 3.8) is 0 Å². The fraction of sp³-hybridized carbons (Fsp3) is 0.333. The largest absolute Gasteiger partial charge is 0.481 e. The normalized spacial score (nSPS) is 13.6. The zero-order valence-electron chi connectivity index (χ0n) is 13.7. The average Bonchev–Trinajstić information content (AvgIpc) is 3.02. The van der Waals surface area contributed by atoms with Crippen LogP contribution in [0.5, 0.6) is 5.75 Å². The molecule has 0 bridgehead atoms. The van der Waals surface area contributed by atoms with Crippen molar-refractivity contribution < 1.29 is 14.3 Å². The molecule has 2 amide bonds. The summed E-state index contributed by atoms with van der Waals surface area (Å²) >= 11 is 1.56. The highest BCUT2D eigenvalue weighted by atomic mass is 32.1. The molecule has 0 fully saturated rings. The molecule has 6 heteroatoms.